The van der Waals surface area contributed by atoms with Crippen molar-refractivity contribution in [2.75, 3.05) is 0 Å². The molecule has 0 aliphatic heterocycles. The fraction of sp³-hybridized carbons (Fsp3) is 0.350. The van der Waals surface area contributed by atoms with Crippen LogP contribution in [0.25, 0.3) is 0 Å². The van der Waals surface area contributed by atoms with Gasteiger partial charge in [0.2, 0.25) is 0 Å². The molecule has 0 aromatic heterocycles. The summed E-state index contributed by atoms with van der Waals surface area (Å²) in [5.74, 6) is 0.769. The summed E-state index contributed by atoms with van der Waals surface area (Å²) in [6.45, 7) is 6.47. The number of aryl methyl sites for hydroxylation is 1. The number of ether oxygens (including phenoxy) is 1. The standard InChI is InChI=1S/C20H23ClO2/c1-4-14(3)12-16-6-9-17(10-7-16)23-20(22)18-11-8-15(5-2)13-19(18)21/h6-11,13-14H,4-5,12H2,1-3H3. The van der Waals surface area contributed by atoms with Gasteiger partial charge in [0.15, 0.2) is 0 Å². The van der Waals surface area contributed by atoms with Crippen molar-refractivity contribution >= 4 is 17.6 Å². The molecule has 0 aliphatic rings. The number of benzene rings is 2. The number of rotatable bonds is 6. The van der Waals surface area contributed by atoms with Crippen molar-refractivity contribution in [3.8, 4) is 5.75 Å². The van der Waals surface area contributed by atoms with Gasteiger partial charge in [0.25, 0.3) is 0 Å². The SMILES string of the molecule is CCc1ccc(C(=O)Oc2ccc(CC(C)CC)cc2)c(Cl)c1. The predicted octanol–water partition coefficient (Wildman–Crippen LogP) is 5.71. The van der Waals surface area contributed by atoms with Crippen molar-refractivity contribution in [3.63, 3.8) is 0 Å². The van der Waals surface area contributed by atoms with E-state index >= 15 is 0 Å². The number of carbonyl (C=O) groups excluding carboxylic acids is 1. The number of hydrogen-bond donors (Lipinski definition) is 0. The minimum absolute atomic E-state index is 0.396. The van der Waals surface area contributed by atoms with Crippen LogP contribution in [0, 0.1) is 5.92 Å². The molecule has 0 spiro atoms. The molecule has 0 N–H and O–H groups in total. The molecule has 3 heteroatoms. The van der Waals surface area contributed by atoms with Gasteiger partial charge in [-0.05, 0) is 54.2 Å². The zero-order valence-corrected chi connectivity index (χ0v) is 14.7. The lowest BCUT2D eigenvalue weighted by molar-refractivity contribution is 0.0735. The second-order valence-electron chi connectivity index (χ2n) is 5.92. The van der Waals surface area contributed by atoms with Crippen LogP contribution in [-0.4, -0.2) is 5.97 Å². The van der Waals surface area contributed by atoms with E-state index in [9.17, 15) is 4.79 Å². The summed E-state index contributed by atoms with van der Waals surface area (Å²) in [5.41, 5.74) is 2.75. The van der Waals surface area contributed by atoms with Crippen LogP contribution in [0.5, 0.6) is 5.75 Å². The fourth-order valence-electron chi connectivity index (χ4n) is 2.35. The maximum Gasteiger partial charge on any atom is 0.345 e. The van der Waals surface area contributed by atoms with E-state index in [0.717, 1.165) is 24.8 Å². The molecule has 2 rings (SSSR count). The van der Waals surface area contributed by atoms with Crippen molar-refractivity contribution in [2.45, 2.75) is 40.0 Å². The first kappa shape index (κ1) is 17.6. The van der Waals surface area contributed by atoms with Crippen LogP contribution >= 0.6 is 11.6 Å². The second kappa shape index (κ2) is 8.16. The van der Waals surface area contributed by atoms with E-state index in [4.69, 9.17) is 16.3 Å². The highest BCUT2D eigenvalue weighted by molar-refractivity contribution is 6.33. The average molecular weight is 331 g/mol. The molecule has 2 aromatic rings. The summed E-state index contributed by atoms with van der Waals surface area (Å²) in [6.07, 6.45) is 3.07. The van der Waals surface area contributed by atoms with Gasteiger partial charge in [-0.1, -0.05) is 57.0 Å². The van der Waals surface area contributed by atoms with Gasteiger partial charge >= 0.3 is 5.97 Å². The summed E-state index contributed by atoms with van der Waals surface area (Å²) in [7, 11) is 0. The van der Waals surface area contributed by atoms with Crippen molar-refractivity contribution in [3.05, 3.63) is 64.2 Å². The second-order valence-corrected chi connectivity index (χ2v) is 6.33. The molecule has 0 bridgehead atoms. The van der Waals surface area contributed by atoms with E-state index in [1.807, 2.05) is 43.3 Å². The van der Waals surface area contributed by atoms with Crippen molar-refractivity contribution < 1.29 is 9.53 Å². The zero-order chi connectivity index (χ0) is 16.8. The minimum atomic E-state index is -0.424. The van der Waals surface area contributed by atoms with Crippen molar-refractivity contribution in [1.29, 1.82) is 0 Å². The molecular weight excluding hydrogens is 308 g/mol. The van der Waals surface area contributed by atoms with Gasteiger partial charge in [-0.25, -0.2) is 4.79 Å². The first-order valence-corrected chi connectivity index (χ1v) is 8.50. The summed E-state index contributed by atoms with van der Waals surface area (Å²) in [4.78, 5) is 12.2. The van der Waals surface area contributed by atoms with E-state index in [1.165, 1.54) is 5.56 Å². The maximum atomic E-state index is 12.2. The lowest BCUT2D eigenvalue weighted by atomic mass is 9.99. The van der Waals surface area contributed by atoms with Gasteiger partial charge in [0.05, 0.1) is 10.6 Å². The molecular formula is C20H23ClO2. The molecule has 23 heavy (non-hydrogen) atoms. The molecule has 1 unspecified atom stereocenters. The highest BCUT2D eigenvalue weighted by Gasteiger charge is 2.13. The normalized spacial score (nSPS) is 12.0. The van der Waals surface area contributed by atoms with Gasteiger partial charge in [-0.2, -0.15) is 0 Å². The van der Waals surface area contributed by atoms with Gasteiger partial charge < -0.3 is 4.74 Å². The number of halogens is 1. The summed E-state index contributed by atoms with van der Waals surface area (Å²) in [5, 5.41) is 0.433. The van der Waals surface area contributed by atoms with Gasteiger partial charge in [-0.15, -0.1) is 0 Å². The molecule has 0 aliphatic carbocycles. The number of hydrogen-bond acceptors (Lipinski definition) is 2. The Morgan fingerprint density at radius 3 is 2.30 bits per heavy atom. The van der Waals surface area contributed by atoms with Gasteiger partial charge in [0, 0.05) is 0 Å². The van der Waals surface area contributed by atoms with E-state index < -0.39 is 5.97 Å². The Balaban J connectivity index is 2.05. The Labute approximate surface area is 143 Å². The van der Waals surface area contributed by atoms with Crippen LogP contribution in [0.3, 0.4) is 0 Å². The molecule has 0 radical (unpaired) electrons. The summed E-state index contributed by atoms with van der Waals surface area (Å²) >= 11 is 6.17. The van der Waals surface area contributed by atoms with Crippen LogP contribution in [0.15, 0.2) is 42.5 Å². The molecule has 0 fully saturated rings. The maximum absolute atomic E-state index is 12.2. The average Bonchev–Trinajstić information content (AvgIpc) is 2.56. The third kappa shape index (κ3) is 4.84. The summed E-state index contributed by atoms with van der Waals surface area (Å²) < 4.78 is 5.42. The number of esters is 1. The quantitative estimate of drug-likeness (QED) is 0.501. The zero-order valence-electron chi connectivity index (χ0n) is 13.9. The lowest BCUT2D eigenvalue weighted by Crippen LogP contribution is -2.09. The van der Waals surface area contributed by atoms with Crippen molar-refractivity contribution in [2.24, 2.45) is 5.92 Å². The van der Waals surface area contributed by atoms with Crippen LogP contribution < -0.4 is 4.74 Å². The largest absolute Gasteiger partial charge is 0.423 e. The molecule has 2 nitrogen and oxygen atoms in total. The van der Waals surface area contributed by atoms with Crippen LogP contribution in [-0.2, 0) is 12.8 Å². The van der Waals surface area contributed by atoms with Gasteiger partial charge in [-0.3, -0.25) is 0 Å². The smallest absolute Gasteiger partial charge is 0.345 e. The van der Waals surface area contributed by atoms with Gasteiger partial charge in [0.1, 0.15) is 5.75 Å². The molecule has 0 saturated heterocycles. The molecule has 2 aromatic carbocycles. The van der Waals surface area contributed by atoms with Crippen LogP contribution in [0.2, 0.25) is 5.02 Å². The topological polar surface area (TPSA) is 26.3 Å². The van der Waals surface area contributed by atoms with E-state index in [0.29, 0.717) is 22.3 Å². The fourth-order valence-corrected chi connectivity index (χ4v) is 2.63. The first-order valence-electron chi connectivity index (χ1n) is 8.13. The monoisotopic (exact) mass is 330 g/mol. The first-order chi connectivity index (χ1) is 11.0. The van der Waals surface area contributed by atoms with E-state index in [1.54, 1.807) is 6.07 Å². The lowest BCUT2D eigenvalue weighted by Gasteiger charge is -2.10. The Bertz CT molecular complexity index is 662. The Hall–Kier alpha value is -1.80. The molecule has 0 saturated carbocycles. The molecule has 1 atom stereocenters. The third-order valence-electron chi connectivity index (χ3n) is 4.08. The minimum Gasteiger partial charge on any atom is -0.423 e. The van der Waals surface area contributed by atoms with Crippen LogP contribution in [0.4, 0.5) is 0 Å². The highest BCUT2D eigenvalue weighted by atomic mass is 35.5. The third-order valence-corrected chi connectivity index (χ3v) is 4.39. The van der Waals surface area contributed by atoms with Crippen LogP contribution in [0.1, 0.15) is 48.7 Å². The molecule has 0 heterocycles. The Morgan fingerprint density at radius 2 is 1.74 bits per heavy atom. The molecule has 122 valence electrons. The summed E-state index contributed by atoms with van der Waals surface area (Å²) in [6, 6.07) is 13.1. The Kier molecular flexibility index (Phi) is 6.23. The number of carbonyl (C=O) groups is 1. The van der Waals surface area contributed by atoms with Crippen molar-refractivity contribution in [1.82, 2.24) is 0 Å². The van der Waals surface area contributed by atoms with E-state index in [-0.39, 0.29) is 0 Å². The predicted molar refractivity (Wildman–Crippen MR) is 95.4 cm³/mol. The Morgan fingerprint density at radius 1 is 1.09 bits per heavy atom. The molecule has 0 amide bonds. The van der Waals surface area contributed by atoms with E-state index in [2.05, 4.69) is 13.8 Å². The highest BCUT2D eigenvalue weighted by Crippen LogP contribution is 2.22.